The molecule has 2 atom stereocenters. The fourth-order valence-corrected chi connectivity index (χ4v) is 4.73. The number of aryl methyl sites for hydroxylation is 1. The smallest absolute Gasteiger partial charge is 0.257 e. The van der Waals surface area contributed by atoms with Gasteiger partial charge < -0.3 is 10.6 Å². The van der Waals surface area contributed by atoms with Crippen LogP contribution in [0.25, 0.3) is 0 Å². The Morgan fingerprint density at radius 1 is 1.25 bits per heavy atom. The quantitative estimate of drug-likeness (QED) is 0.859. The average Bonchev–Trinajstić information content (AvgIpc) is 2.80. The zero-order chi connectivity index (χ0) is 14.3. The number of hydrogen-bond acceptors (Lipinski definition) is 3. The second-order valence-electron chi connectivity index (χ2n) is 6.34. The Hall–Kier alpha value is -1.03. The van der Waals surface area contributed by atoms with Gasteiger partial charge >= 0.3 is 0 Å². The predicted octanol–water partition coefficient (Wildman–Crippen LogP) is 3.64. The van der Waals surface area contributed by atoms with Gasteiger partial charge in [-0.15, -0.1) is 11.3 Å². The maximum absolute atomic E-state index is 12.9. The van der Waals surface area contributed by atoms with Gasteiger partial charge in [-0.2, -0.15) is 0 Å². The fraction of sp³-hybridized carbons (Fsp3) is 0.688. The van der Waals surface area contributed by atoms with Crippen LogP contribution in [0.5, 0.6) is 0 Å². The molecule has 0 saturated carbocycles. The molecule has 1 amide bonds. The summed E-state index contributed by atoms with van der Waals surface area (Å²) < 4.78 is 0. The molecule has 3 rings (SSSR count). The van der Waals surface area contributed by atoms with Crippen molar-refractivity contribution in [3.05, 3.63) is 16.0 Å². The third-order valence-electron chi connectivity index (χ3n) is 5.04. The first-order valence-electron chi connectivity index (χ1n) is 7.80. The summed E-state index contributed by atoms with van der Waals surface area (Å²) in [6, 6.07) is 0. The number of hydrogen-bond donors (Lipinski definition) is 1. The van der Waals surface area contributed by atoms with Gasteiger partial charge in [-0.3, -0.25) is 4.79 Å². The maximum atomic E-state index is 12.9. The lowest BCUT2D eigenvalue weighted by molar-refractivity contribution is 0.0723. The molecule has 110 valence electrons. The van der Waals surface area contributed by atoms with E-state index in [1.54, 1.807) is 11.3 Å². The lowest BCUT2D eigenvalue weighted by atomic mass is 9.78. The van der Waals surface area contributed by atoms with E-state index in [2.05, 4.69) is 13.8 Å². The zero-order valence-corrected chi connectivity index (χ0v) is 13.3. The van der Waals surface area contributed by atoms with Crippen molar-refractivity contribution in [2.45, 2.75) is 51.9 Å². The van der Waals surface area contributed by atoms with Crippen molar-refractivity contribution in [2.75, 3.05) is 18.8 Å². The van der Waals surface area contributed by atoms with Crippen LogP contribution in [0.15, 0.2) is 0 Å². The molecule has 0 aromatic carbocycles. The van der Waals surface area contributed by atoms with Crippen LogP contribution >= 0.6 is 11.3 Å². The molecule has 2 aliphatic rings. The maximum Gasteiger partial charge on any atom is 0.257 e. The normalized spacial score (nSPS) is 26.4. The SMILES string of the molecule is CC1CCc2sc(N)c(C(=O)N3CCCCC3)c2C1C. The molecule has 2 N–H and O–H groups in total. The number of likely N-dealkylation sites (tertiary alicyclic amines) is 1. The summed E-state index contributed by atoms with van der Waals surface area (Å²) in [7, 11) is 0. The minimum absolute atomic E-state index is 0.181. The molecule has 0 bridgehead atoms. The molecule has 1 aromatic heterocycles. The standard InChI is InChI=1S/C16H24N2OS/c1-10-6-7-12-13(11(10)2)14(15(17)20-12)16(19)18-8-4-3-5-9-18/h10-11H,3-9,17H2,1-2H3. The first-order chi connectivity index (χ1) is 9.59. The third kappa shape index (κ3) is 2.24. The minimum atomic E-state index is 0.181. The molecule has 1 aliphatic heterocycles. The lowest BCUT2D eigenvalue weighted by Crippen LogP contribution is -2.36. The number of nitrogen functional groups attached to an aromatic ring is 1. The van der Waals surface area contributed by atoms with Gasteiger partial charge in [-0.25, -0.2) is 0 Å². The molecule has 2 heterocycles. The molecule has 4 heteroatoms. The Labute approximate surface area is 125 Å². The highest BCUT2D eigenvalue weighted by atomic mass is 32.1. The van der Waals surface area contributed by atoms with Crippen LogP contribution in [0.2, 0.25) is 0 Å². The number of thiophene rings is 1. The second-order valence-corrected chi connectivity index (χ2v) is 7.47. The number of nitrogens with two attached hydrogens (primary N) is 1. The second kappa shape index (κ2) is 5.40. The van der Waals surface area contributed by atoms with Crippen LogP contribution in [0.3, 0.4) is 0 Å². The third-order valence-corrected chi connectivity index (χ3v) is 6.14. The number of carbonyl (C=O) groups is 1. The molecular formula is C16H24N2OS. The predicted molar refractivity (Wildman–Crippen MR) is 84.4 cm³/mol. The average molecular weight is 292 g/mol. The number of piperidine rings is 1. The largest absolute Gasteiger partial charge is 0.390 e. The topological polar surface area (TPSA) is 46.3 Å². The number of nitrogens with zero attached hydrogens (tertiary/aromatic N) is 1. The van der Waals surface area contributed by atoms with Crippen molar-refractivity contribution in [3.63, 3.8) is 0 Å². The Bertz CT molecular complexity index is 517. The molecule has 1 saturated heterocycles. The number of rotatable bonds is 1. The molecule has 2 unspecified atom stereocenters. The summed E-state index contributed by atoms with van der Waals surface area (Å²) in [5.74, 6) is 1.28. The number of carbonyl (C=O) groups excluding carboxylic acids is 1. The summed E-state index contributed by atoms with van der Waals surface area (Å²) in [6.07, 6.45) is 5.80. The highest BCUT2D eigenvalue weighted by molar-refractivity contribution is 7.16. The van der Waals surface area contributed by atoms with E-state index in [-0.39, 0.29) is 5.91 Å². The highest BCUT2D eigenvalue weighted by Crippen LogP contribution is 2.45. The molecular weight excluding hydrogens is 268 g/mol. The molecule has 3 nitrogen and oxygen atoms in total. The highest BCUT2D eigenvalue weighted by Gasteiger charge is 2.33. The van der Waals surface area contributed by atoms with Crippen LogP contribution < -0.4 is 5.73 Å². The lowest BCUT2D eigenvalue weighted by Gasteiger charge is -2.30. The van der Waals surface area contributed by atoms with Crippen molar-refractivity contribution in [3.8, 4) is 0 Å². The van der Waals surface area contributed by atoms with Crippen LogP contribution in [0.4, 0.5) is 5.00 Å². The molecule has 1 aromatic rings. The Kier molecular flexibility index (Phi) is 3.76. The monoisotopic (exact) mass is 292 g/mol. The van der Waals surface area contributed by atoms with Crippen LogP contribution in [-0.4, -0.2) is 23.9 Å². The van der Waals surface area contributed by atoms with E-state index < -0.39 is 0 Å². The van der Waals surface area contributed by atoms with E-state index in [9.17, 15) is 4.79 Å². The molecule has 20 heavy (non-hydrogen) atoms. The number of anilines is 1. The Morgan fingerprint density at radius 2 is 1.95 bits per heavy atom. The van der Waals surface area contributed by atoms with Gasteiger partial charge in [-0.1, -0.05) is 13.8 Å². The number of fused-ring (bicyclic) bond motifs is 1. The van der Waals surface area contributed by atoms with E-state index in [0.717, 1.165) is 42.9 Å². The van der Waals surface area contributed by atoms with Crippen molar-refractivity contribution in [1.29, 1.82) is 0 Å². The molecule has 1 fully saturated rings. The van der Waals surface area contributed by atoms with Crippen LogP contribution in [0.1, 0.15) is 66.2 Å². The summed E-state index contributed by atoms with van der Waals surface area (Å²) >= 11 is 1.65. The number of amides is 1. The summed E-state index contributed by atoms with van der Waals surface area (Å²) in [4.78, 5) is 16.2. The van der Waals surface area contributed by atoms with Gasteiger partial charge in [0.1, 0.15) is 0 Å². The van der Waals surface area contributed by atoms with Gasteiger partial charge in [0.05, 0.1) is 10.6 Å². The van der Waals surface area contributed by atoms with E-state index in [1.165, 1.54) is 23.3 Å². The fourth-order valence-electron chi connectivity index (χ4n) is 3.55. The van der Waals surface area contributed by atoms with Gasteiger partial charge in [0.15, 0.2) is 0 Å². The van der Waals surface area contributed by atoms with Crippen LogP contribution in [0, 0.1) is 5.92 Å². The van der Waals surface area contributed by atoms with Gasteiger partial charge in [0.2, 0.25) is 0 Å². The van der Waals surface area contributed by atoms with Crippen molar-refractivity contribution >= 4 is 22.2 Å². The summed E-state index contributed by atoms with van der Waals surface area (Å²) in [5.41, 5.74) is 8.31. The van der Waals surface area contributed by atoms with Crippen molar-refractivity contribution < 1.29 is 4.79 Å². The first-order valence-corrected chi connectivity index (χ1v) is 8.61. The summed E-state index contributed by atoms with van der Waals surface area (Å²) in [5, 5.41) is 0.742. The molecule has 0 spiro atoms. The Morgan fingerprint density at radius 3 is 2.65 bits per heavy atom. The van der Waals surface area contributed by atoms with Crippen LogP contribution in [-0.2, 0) is 6.42 Å². The van der Waals surface area contributed by atoms with E-state index in [4.69, 9.17) is 5.73 Å². The van der Waals surface area contributed by atoms with E-state index in [0.29, 0.717) is 11.8 Å². The van der Waals surface area contributed by atoms with Crippen molar-refractivity contribution in [2.24, 2.45) is 5.92 Å². The van der Waals surface area contributed by atoms with Crippen molar-refractivity contribution in [1.82, 2.24) is 4.90 Å². The summed E-state index contributed by atoms with van der Waals surface area (Å²) in [6.45, 7) is 6.33. The zero-order valence-electron chi connectivity index (χ0n) is 12.4. The first kappa shape index (κ1) is 13.9. The Balaban J connectivity index is 1.97. The van der Waals surface area contributed by atoms with Gasteiger partial charge in [0, 0.05) is 18.0 Å². The van der Waals surface area contributed by atoms with E-state index >= 15 is 0 Å². The molecule has 1 aliphatic carbocycles. The van der Waals surface area contributed by atoms with Gasteiger partial charge in [-0.05, 0) is 49.5 Å². The van der Waals surface area contributed by atoms with E-state index in [1.807, 2.05) is 4.90 Å². The molecule has 0 radical (unpaired) electrons. The van der Waals surface area contributed by atoms with Gasteiger partial charge in [0.25, 0.3) is 5.91 Å². The minimum Gasteiger partial charge on any atom is -0.390 e.